The smallest absolute Gasteiger partial charge is 0.341 e. The summed E-state index contributed by atoms with van der Waals surface area (Å²) in [6, 6.07) is 14.4. The molecule has 1 aliphatic heterocycles. The zero-order valence-electron chi connectivity index (χ0n) is 12.7. The maximum Gasteiger partial charge on any atom is 0.341 e. The van der Waals surface area contributed by atoms with Gasteiger partial charge in [-0.2, -0.15) is 0 Å². The van der Waals surface area contributed by atoms with Gasteiger partial charge in [-0.25, -0.2) is 4.79 Å². The normalized spacial score (nSPS) is 27.6. The standard InChI is InChI=1S/C18H20O3/c1-4-18(16(19)20-5-2)17(3,21-18)15-11-10-13-8-6-7-9-14(13)12-15/h6-12H,4-5H2,1-3H3. The fourth-order valence-corrected chi connectivity index (χ4v) is 3.14. The molecule has 0 radical (unpaired) electrons. The number of rotatable bonds is 4. The first-order valence-electron chi connectivity index (χ1n) is 7.44. The van der Waals surface area contributed by atoms with Gasteiger partial charge in [0.25, 0.3) is 0 Å². The van der Waals surface area contributed by atoms with E-state index >= 15 is 0 Å². The van der Waals surface area contributed by atoms with Crippen LogP contribution in [0.1, 0.15) is 32.8 Å². The number of fused-ring (bicyclic) bond motifs is 1. The maximum absolute atomic E-state index is 12.3. The molecule has 0 aromatic heterocycles. The summed E-state index contributed by atoms with van der Waals surface area (Å²) in [6.45, 7) is 6.12. The van der Waals surface area contributed by atoms with Crippen LogP contribution < -0.4 is 0 Å². The Labute approximate surface area is 124 Å². The summed E-state index contributed by atoms with van der Waals surface area (Å²) in [5.74, 6) is -0.261. The van der Waals surface area contributed by atoms with Crippen molar-refractivity contribution in [3.8, 4) is 0 Å². The van der Waals surface area contributed by atoms with Gasteiger partial charge >= 0.3 is 5.97 Å². The molecule has 2 aromatic carbocycles. The van der Waals surface area contributed by atoms with E-state index in [4.69, 9.17) is 9.47 Å². The number of carbonyl (C=O) groups is 1. The maximum atomic E-state index is 12.3. The van der Waals surface area contributed by atoms with Gasteiger partial charge < -0.3 is 9.47 Å². The van der Waals surface area contributed by atoms with E-state index in [1.54, 1.807) is 0 Å². The SMILES string of the molecule is CCOC(=O)C1(CC)OC1(C)c1ccc2ccccc2c1. The zero-order chi connectivity index (χ0) is 15.1. The number of carbonyl (C=O) groups excluding carboxylic acids is 1. The van der Waals surface area contributed by atoms with E-state index in [0.29, 0.717) is 13.0 Å². The van der Waals surface area contributed by atoms with Crippen molar-refractivity contribution in [1.29, 1.82) is 0 Å². The molecular weight excluding hydrogens is 264 g/mol. The molecule has 1 fully saturated rings. The van der Waals surface area contributed by atoms with Crippen LogP contribution in [0.25, 0.3) is 10.8 Å². The van der Waals surface area contributed by atoms with Gasteiger partial charge in [-0.15, -0.1) is 0 Å². The molecule has 0 saturated carbocycles. The first kappa shape index (κ1) is 14.1. The van der Waals surface area contributed by atoms with Crippen molar-refractivity contribution >= 4 is 16.7 Å². The molecule has 1 heterocycles. The lowest BCUT2D eigenvalue weighted by atomic mass is 9.85. The Hall–Kier alpha value is -1.87. The Kier molecular flexibility index (Phi) is 3.25. The van der Waals surface area contributed by atoms with Gasteiger partial charge in [0, 0.05) is 0 Å². The van der Waals surface area contributed by atoms with Crippen LogP contribution in [0.15, 0.2) is 42.5 Å². The van der Waals surface area contributed by atoms with Crippen molar-refractivity contribution in [2.24, 2.45) is 0 Å². The number of hydrogen-bond acceptors (Lipinski definition) is 3. The molecule has 1 saturated heterocycles. The third-order valence-corrected chi connectivity index (χ3v) is 4.51. The highest BCUT2D eigenvalue weighted by molar-refractivity contribution is 5.87. The van der Waals surface area contributed by atoms with Gasteiger partial charge in [-0.05, 0) is 42.7 Å². The van der Waals surface area contributed by atoms with Crippen LogP contribution in [0, 0.1) is 0 Å². The molecule has 3 heteroatoms. The molecule has 0 amide bonds. The van der Waals surface area contributed by atoms with Gasteiger partial charge in [0.05, 0.1) is 6.61 Å². The number of benzene rings is 2. The molecule has 0 spiro atoms. The predicted molar refractivity (Wildman–Crippen MR) is 82.0 cm³/mol. The van der Waals surface area contributed by atoms with Crippen LogP contribution in [0.2, 0.25) is 0 Å². The second-order valence-corrected chi connectivity index (χ2v) is 5.60. The largest absolute Gasteiger partial charge is 0.464 e. The number of esters is 1. The minimum absolute atomic E-state index is 0.261. The molecular formula is C18H20O3. The molecule has 0 aliphatic carbocycles. The first-order valence-corrected chi connectivity index (χ1v) is 7.44. The van der Waals surface area contributed by atoms with E-state index < -0.39 is 11.2 Å². The van der Waals surface area contributed by atoms with Gasteiger partial charge in [-0.1, -0.05) is 43.3 Å². The van der Waals surface area contributed by atoms with Crippen LogP contribution in [0.5, 0.6) is 0 Å². The van der Waals surface area contributed by atoms with Crippen molar-refractivity contribution in [2.75, 3.05) is 6.61 Å². The summed E-state index contributed by atoms with van der Waals surface area (Å²) in [7, 11) is 0. The Balaban J connectivity index is 2.00. The molecule has 110 valence electrons. The Bertz CT molecular complexity index is 694. The quantitative estimate of drug-likeness (QED) is 0.633. The predicted octanol–water partition coefficient (Wildman–Crippen LogP) is 3.80. The topological polar surface area (TPSA) is 38.8 Å². The lowest BCUT2D eigenvalue weighted by Crippen LogP contribution is -2.32. The van der Waals surface area contributed by atoms with Crippen molar-refractivity contribution in [1.82, 2.24) is 0 Å². The fourth-order valence-electron chi connectivity index (χ4n) is 3.14. The average molecular weight is 284 g/mol. The molecule has 3 nitrogen and oxygen atoms in total. The summed E-state index contributed by atoms with van der Waals surface area (Å²) in [4.78, 5) is 12.3. The van der Waals surface area contributed by atoms with E-state index in [1.165, 1.54) is 5.39 Å². The van der Waals surface area contributed by atoms with E-state index in [2.05, 4.69) is 24.3 Å². The molecule has 2 unspecified atom stereocenters. The van der Waals surface area contributed by atoms with Crippen molar-refractivity contribution in [3.05, 3.63) is 48.0 Å². The lowest BCUT2D eigenvalue weighted by Gasteiger charge is -2.15. The zero-order valence-corrected chi connectivity index (χ0v) is 12.7. The highest BCUT2D eigenvalue weighted by Gasteiger charge is 2.72. The number of ether oxygens (including phenoxy) is 2. The molecule has 3 rings (SSSR count). The molecule has 0 N–H and O–H groups in total. The second kappa shape index (κ2) is 4.85. The highest BCUT2D eigenvalue weighted by atomic mass is 16.7. The summed E-state index contributed by atoms with van der Waals surface area (Å²) >= 11 is 0. The summed E-state index contributed by atoms with van der Waals surface area (Å²) < 4.78 is 11.1. The van der Waals surface area contributed by atoms with Gasteiger partial charge in [0.15, 0.2) is 5.60 Å². The third-order valence-electron chi connectivity index (χ3n) is 4.51. The van der Waals surface area contributed by atoms with Crippen LogP contribution >= 0.6 is 0 Å². The van der Waals surface area contributed by atoms with E-state index in [-0.39, 0.29) is 5.97 Å². The van der Waals surface area contributed by atoms with Crippen molar-refractivity contribution in [2.45, 2.75) is 38.4 Å². The van der Waals surface area contributed by atoms with Crippen LogP contribution in [0.4, 0.5) is 0 Å². The van der Waals surface area contributed by atoms with Gasteiger partial charge in [0.2, 0.25) is 0 Å². The molecule has 1 aliphatic rings. The average Bonchev–Trinajstić information content (AvgIpc) is 3.15. The van der Waals surface area contributed by atoms with Crippen LogP contribution in [-0.4, -0.2) is 18.2 Å². The Morgan fingerprint density at radius 1 is 1.14 bits per heavy atom. The second-order valence-electron chi connectivity index (χ2n) is 5.60. The van der Waals surface area contributed by atoms with Crippen LogP contribution in [0.3, 0.4) is 0 Å². The lowest BCUT2D eigenvalue weighted by molar-refractivity contribution is -0.149. The van der Waals surface area contributed by atoms with E-state index in [0.717, 1.165) is 10.9 Å². The minimum atomic E-state index is -0.842. The Morgan fingerprint density at radius 3 is 2.52 bits per heavy atom. The first-order chi connectivity index (χ1) is 10.1. The molecule has 0 bridgehead atoms. The summed E-state index contributed by atoms with van der Waals surface area (Å²) in [5, 5.41) is 2.34. The Morgan fingerprint density at radius 2 is 1.86 bits per heavy atom. The summed E-state index contributed by atoms with van der Waals surface area (Å²) in [5.41, 5.74) is -0.417. The molecule has 2 atom stereocenters. The van der Waals surface area contributed by atoms with Gasteiger partial charge in [0.1, 0.15) is 5.60 Å². The minimum Gasteiger partial charge on any atom is -0.464 e. The summed E-state index contributed by atoms with van der Waals surface area (Å²) in [6.07, 6.45) is 0.606. The van der Waals surface area contributed by atoms with Crippen molar-refractivity contribution in [3.63, 3.8) is 0 Å². The van der Waals surface area contributed by atoms with Crippen molar-refractivity contribution < 1.29 is 14.3 Å². The number of hydrogen-bond donors (Lipinski definition) is 0. The molecule has 2 aromatic rings. The number of epoxide rings is 1. The fraction of sp³-hybridized carbons (Fsp3) is 0.389. The van der Waals surface area contributed by atoms with Crippen LogP contribution in [-0.2, 0) is 19.9 Å². The highest BCUT2D eigenvalue weighted by Crippen LogP contribution is 2.58. The van der Waals surface area contributed by atoms with E-state index in [1.807, 2.05) is 39.0 Å². The van der Waals surface area contributed by atoms with Gasteiger partial charge in [-0.3, -0.25) is 0 Å². The molecule has 21 heavy (non-hydrogen) atoms. The monoisotopic (exact) mass is 284 g/mol. The third kappa shape index (κ3) is 1.95. The van der Waals surface area contributed by atoms with E-state index in [9.17, 15) is 4.79 Å².